The van der Waals surface area contributed by atoms with Crippen LogP contribution in [-0.2, 0) is 22.4 Å². The van der Waals surface area contributed by atoms with Gasteiger partial charge in [-0.05, 0) is 62.7 Å². The van der Waals surface area contributed by atoms with Crippen LogP contribution < -0.4 is 10.6 Å². The fourth-order valence-electron chi connectivity index (χ4n) is 10.2. The molecule has 0 aliphatic carbocycles. The molecular weight excluding hydrogens is 945 g/mol. The minimum atomic E-state index is -1.87. The normalized spacial score (nSPS) is 13.2. The molecule has 0 amide bonds. The minimum Gasteiger partial charge on any atom is -0.508 e. The Kier molecular flexibility index (Phi) is 14.9. The second-order valence-corrected chi connectivity index (χ2v) is 19.1. The highest BCUT2D eigenvalue weighted by Gasteiger charge is 2.50. The number of halogens is 1. The molecule has 9 rings (SSSR count). The van der Waals surface area contributed by atoms with Gasteiger partial charge in [0.15, 0.2) is 0 Å². The largest absolute Gasteiger partial charge is 0.508 e. The van der Waals surface area contributed by atoms with E-state index < -0.39 is 40.7 Å². The van der Waals surface area contributed by atoms with E-state index in [9.17, 15) is 25.5 Å². The molecule has 8 heteroatoms. The molecule has 0 aliphatic heterocycles. The van der Waals surface area contributed by atoms with Gasteiger partial charge < -0.3 is 25.5 Å². The molecule has 71 heavy (non-hydrogen) atoms. The second-order valence-electron chi connectivity index (χ2n) is 18.2. The summed E-state index contributed by atoms with van der Waals surface area (Å²) >= 11 is 3.70. The van der Waals surface area contributed by atoms with Gasteiger partial charge in [-0.3, -0.25) is 10.6 Å². The fourth-order valence-corrected chi connectivity index (χ4v) is 10.6. The zero-order chi connectivity index (χ0) is 49.3. The van der Waals surface area contributed by atoms with E-state index in [1.807, 2.05) is 243 Å². The van der Waals surface area contributed by atoms with Crippen molar-refractivity contribution in [1.82, 2.24) is 10.6 Å². The van der Waals surface area contributed by atoms with Crippen LogP contribution in [0.3, 0.4) is 0 Å². The van der Waals surface area contributed by atoms with Crippen molar-refractivity contribution in [3.8, 4) is 5.75 Å². The van der Waals surface area contributed by atoms with Crippen molar-refractivity contribution in [3.63, 3.8) is 0 Å². The predicted octanol–water partition coefficient (Wildman–Crippen LogP) is 11.6. The lowest BCUT2D eigenvalue weighted by Crippen LogP contribution is -2.60. The topological polar surface area (TPSA) is 125 Å². The van der Waals surface area contributed by atoms with Crippen molar-refractivity contribution in [3.05, 3.63) is 315 Å². The van der Waals surface area contributed by atoms with E-state index in [1.165, 1.54) is 0 Å². The summed E-state index contributed by atoms with van der Waals surface area (Å²) in [7, 11) is 0. The summed E-state index contributed by atoms with van der Waals surface area (Å²) in [6.07, 6.45) is -1.36. The third kappa shape index (κ3) is 10.2. The van der Waals surface area contributed by atoms with E-state index in [0.29, 0.717) is 54.5 Å². The highest BCUT2D eigenvalue weighted by molar-refractivity contribution is 9.10. The molecule has 0 spiro atoms. The first-order valence-electron chi connectivity index (χ1n) is 23.9. The summed E-state index contributed by atoms with van der Waals surface area (Å²) in [5.74, 6) is -0.0793. The second kappa shape index (κ2) is 21.6. The molecule has 0 heterocycles. The number of hydrogen-bond acceptors (Lipinski definition) is 7. The number of nitrogens with one attached hydrogen (secondary N) is 2. The molecule has 0 radical (unpaired) electrons. The van der Waals surface area contributed by atoms with Crippen LogP contribution >= 0.6 is 15.9 Å². The standard InChI is InChI=1S/C63H57BrN2O5/c64-54-41-42-56(67)55(43-54)59(65-57(62(70,50-33-17-5-18-34-50)51-35-19-6-20-36-51)44-60(68,46-25-9-1-10-26-46)47-27-11-2-12-28-47)66-58(63(71,52-37-21-7-22-38-52)53-39-23-8-24-40-53)45-61(69,48-29-13-3-14-30-48)49-31-15-4-16-32-49/h1-43,57-59,65-71H,44-45H2/t57-,58-/m0/s1. The van der Waals surface area contributed by atoms with Crippen molar-refractivity contribution in [2.75, 3.05) is 0 Å². The Labute approximate surface area is 424 Å². The Morgan fingerprint density at radius 3 is 0.831 bits per heavy atom. The van der Waals surface area contributed by atoms with Crippen LogP contribution in [0.15, 0.2) is 265 Å². The van der Waals surface area contributed by atoms with Crippen molar-refractivity contribution in [1.29, 1.82) is 0 Å². The number of aliphatic hydroxyl groups is 4. The van der Waals surface area contributed by atoms with E-state index in [4.69, 9.17) is 0 Å². The van der Waals surface area contributed by atoms with Crippen LogP contribution in [0.1, 0.15) is 69.1 Å². The van der Waals surface area contributed by atoms with Gasteiger partial charge in [0.2, 0.25) is 0 Å². The molecule has 0 unspecified atom stereocenters. The molecule has 0 saturated heterocycles. The summed E-state index contributed by atoms with van der Waals surface area (Å²) in [5.41, 5.74) is -2.19. The Balaban J connectivity index is 1.31. The monoisotopic (exact) mass is 1000 g/mol. The molecular formula is C63H57BrN2O5. The molecule has 0 fully saturated rings. The van der Waals surface area contributed by atoms with Gasteiger partial charge in [0, 0.05) is 35.0 Å². The zero-order valence-corrected chi connectivity index (χ0v) is 40.7. The third-order valence-corrected chi connectivity index (χ3v) is 14.4. The number of phenolic OH excluding ortho intramolecular Hbond substituents is 1. The van der Waals surface area contributed by atoms with E-state index in [1.54, 1.807) is 18.2 Å². The van der Waals surface area contributed by atoms with E-state index in [-0.39, 0.29) is 18.6 Å². The number of benzene rings is 9. The number of hydrogen-bond donors (Lipinski definition) is 7. The Hall–Kier alpha value is -6.98. The van der Waals surface area contributed by atoms with Crippen molar-refractivity contribution < 1.29 is 25.5 Å². The average Bonchev–Trinajstić information content (AvgIpc) is 3.44. The van der Waals surface area contributed by atoms with Crippen molar-refractivity contribution >= 4 is 15.9 Å². The van der Waals surface area contributed by atoms with Gasteiger partial charge in [-0.2, -0.15) is 0 Å². The van der Waals surface area contributed by atoms with Crippen LogP contribution in [0, 0.1) is 0 Å². The Bertz CT molecular complexity index is 2720. The van der Waals surface area contributed by atoms with Gasteiger partial charge in [0.05, 0.1) is 6.17 Å². The molecule has 2 atom stereocenters. The minimum absolute atomic E-state index is 0.0793. The third-order valence-electron chi connectivity index (χ3n) is 13.9. The fraction of sp³-hybridized carbons (Fsp3) is 0.143. The lowest BCUT2D eigenvalue weighted by atomic mass is 9.71. The molecule has 9 aromatic rings. The molecule has 0 bridgehead atoms. The predicted molar refractivity (Wildman–Crippen MR) is 285 cm³/mol. The summed E-state index contributed by atoms with van der Waals surface area (Å²) in [5, 5.41) is 75.1. The molecule has 356 valence electrons. The molecule has 0 saturated carbocycles. The highest BCUT2D eigenvalue weighted by atomic mass is 79.9. The van der Waals surface area contributed by atoms with Crippen LogP contribution in [0.2, 0.25) is 0 Å². The molecule has 7 N–H and O–H groups in total. The van der Waals surface area contributed by atoms with E-state index in [2.05, 4.69) is 26.6 Å². The first-order valence-corrected chi connectivity index (χ1v) is 24.7. The average molecular weight is 1000 g/mol. The Morgan fingerprint density at radius 2 is 0.577 bits per heavy atom. The van der Waals surface area contributed by atoms with Gasteiger partial charge >= 0.3 is 0 Å². The van der Waals surface area contributed by atoms with E-state index in [0.717, 1.165) is 0 Å². The van der Waals surface area contributed by atoms with Gasteiger partial charge in [0.1, 0.15) is 28.2 Å². The van der Waals surface area contributed by atoms with Crippen molar-refractivity contribution in [2.45, 2.75) is 53.5 Å². The zero-order valence-electron chi connectivity index (χ0n) is 39.1. The molecule has 0 aromatic heterocycles. The molecule has 9 aromatic carbocycles. The summed E-state index contributed by atoms with van der Waals surface area (Å²) < 4.78 is 0.657. The SMILES string of the molecule is Oc1ccc(Br)cc1C(N[C@@H](CC(O)(c1ccccc1)c1ccccc1)C(O)(c1ccccc1)c1ccccc1)N[C@@H](CC(O)(c1ccccc1)c1ccccc1)C(O)(c1ccccc1)c1ccccc1. The maximum absolute atomic E-state index is 14.1. The van der Waals surface area contributed by atoms with Gasteiger partial charge in [0.25, 0.3) is 0 Å². The maximum Gasteiger partial charge on any atom is 0.130 e. The van der Waals surface area contributed by atoms with Crippen LogP contribution in [0.4, 0.5) is 0 Å². The summed E-state index contributed by atoms with van der Waals surface area (Å²) in [6, 6.07) is 78.2. The molecule has 0 aliphatic rings. The first kappa shape index (κ1) is 49.0. The maximum atomic E-state index is 14.1. The molecule has 7 nitrogen and oxygen atoms in total. The van der Waals surface area contributed by atoms with Gasteiger partial charge in [-0.15, -0.1) is 0 Å². The Morgan fingerprint density at radius 1 is 0.338 bits per heavy atom. The summed E-state index contributed by atoms with van der Waals surface area (Å²) in [6.45, 7) is 0. The van der Waals surface area contributed by atoms with E-state index >= 15 is 0 Å². The van der Waals surface area contributed by atoms with Crippen LogP contribution in [0.25, 0.3) is 0 Å². The van der Waals surface area contributed by atoms with Crippen LogP contribution in [0.5, 0.6) is 5.75 Å². The van der Waals surface area contributed by atoms with Crippen molar-refractivity contribution in [2.24, 2.45) is 0 Å². The first-order chi connectivity index (χ1) is 34.5. The van der Waals surface area contributed by atoms with Crippen LogP contribution in [-0.4, -0.2) is 37.6 Å². The highest BCUT2D eigenvalue weighted by Crippen LogP contribution is 2.46. The van der Waals surface area contributed by atoms with Gasteiger partial charge in [-0.1, -0.05) is 259 Å². The number of rotatable bonds is 19. The van der Waals surface area contributed by atoms with Gasteiger partial charge in [-0.25, -0.2) is 0 Å². The number of aromatic hydroxyl groups is 1. The lowest BCUT2D eigenvalue weighted by Gasteiger charge is -2.47. The lowest BCUT2D eigenvalue weighted by molar-refractivity contribution is -0.0334. The summed E-state index contributed by atoms with van der Waals surface area (Å²) in [4.78, 5) is 0. The number of phenols is 1. The smallest absolute Gasteiger partial charge is 0.130 e. The quantitative estimate of drug-likeness (QED) is 0.0403.